The lowest BCUT2D eigenvalue weighted by atomic mass is 9.98. The Morgan fingerprint density at radius 2 is 1.96 bits per heavy atom. The average Bonchev–Trinajstić information content (AvgIpc) is 2.61. The quantitative estimate of drug-likeness (QED) is 0.750. The highest BCUT2D eigenvalue weighted by Gasteiger charge is 2.36. The van der Waals surface area contributed by atoms with Gasteiger partial charge in [0.05, 0.1) is 24.0 Å². The highest BCUT2D eigenvalue weighted by Crippen LogP contribution is 2.39. The van der Waals surface area contributed by atoms with E-state index >= 15 is 0 Å². The first-order chi connectivity index (χ1) is 12.0. The van der Waals surface area contributed by atoms with Gasteiger partial charge in [0.15, 0.2) is 5.43 Å². The minimum absolute atomic E-state index is 0.0699. The van der Waals surface area contributed by atoms with E-state index in [1.807, 2.05) is 0 Å². The summed E-state index contributed by atoms with van der Waals surface area (Å²) in [5.74, 6) is 0.166. The van der Waals surface area contributed by atoms with Crippen molar-refractivity contribution in [3.05, 3.63) is 52.8 Å². The molecule has 1 aromatic heterocycles. The number of ether oxygens (including phenoxy) is 1. The number of fused-ring (bicyclic) bond motifs is 2. The van der Waals surface area contributed by atoms with Crippen LogP contribution in [0.2, 0.25) is 0 Å². The van der Waals surface area contributed by atoms with Crippen molar-refractivity contribution in [3.8, 4) is 0 Å². The standard InChI is InChI=1S/C14H10N4O7/c1-14(18-23)3-10-7(5-24-14)13(19)11-6(4-15-20)12(17-22)8(16-21)2-9(11)25-10/h2H,3-5H2,1H3. The van der Waals surface area contributed by atoms with E-state index in [9.17, 15) is 24.4 Å². The monoisotopic (exact) mass is 346 g/mol. The van der Waals surface area contributed by atoms with Crippen molar-refractivity contribution in [1.29, 1.82) is 0 Å². The van der Waals surface area contributed by atoms with Crippen molar-refractivity contribution < 1.29 is 9.15 Å². The molecule has 1 atom stereocenters. The lowest BCUT2D eigenvalue weighted by Gasteiger charge is -2.27. The highest BCUT2D eigenvalue weighted by molar-refractivity contribution is 5.91. The van der Waals surface area contributed by atoms with Gasteiger partial charge in [0, 0.05) is 11.6 Å². The molecule has 1 unspecified atom stereocenters. The van der Waals surface area contributed by atoms with Crippen molar-refractivity contribution in [2.75, 3.05) is 0 Å². The summed E-state index contributed by atoms with van der Waals surface area (Å²) < 4.78 is 10.9. The molecule has 0 N–H and O–H groups in total. The highest BCUT2D eigenvalue weighted by atomic mass is 16.5. The normalized spacial score (nSPS) is 19.2. The van der Waals surface area contributed by atoms with Crippen molar-refractivity contribution in [2.45, 2.75) is 32.2 Å². The summed E-state index contributed by atoms with van der Waals surface area (Å²) in [6, 6.07) is 1.08. The molecule has 25 heavy (non-hydrogen) atoms. The van der Waals surface area contributed by atoms with Crippen LogP contribution in [0.4, 0.5) is 11.4 Å². The van der Waals surface area contributed by atoms with Crippen LogP contribution in [0, 0.1) is 19.6 Å². The first-order valence-corrected chi connectivity index (χ1v) is 7.06. The van der Waals surface area contributed by atoms with E-state index < -0.39 is 23.4 Å². The maximum absolute atomic E-state index is 12.8. The van der Waals surface area contributed by atoms with Crippen LogP contribution >= 0.6 is 0 Å². The minimum Gasteiger partial charge on any atom is -0.460 e. The second kappa shape index (κ2) is 6.02. The fraction of sp³-hybridized carbons (Fsp3) is 0.357. The number of rotatable bonds is 5. The molecule has 0 spiro atoms. The molecule has 2 heterocycles. The lowest BCUT2D eigenvalue weighted by Crippen LogP contribution is -2.35. The molecular formula is C14H10N4O7. The number of nitrogens with zero attached hydrogens (tertiary/aromatic N) is 4. The Morgan fingerprint density at radius 1 is 1.20 bits per heavy atom. The third kappa shape index (κ3) is 2.54. The smallest absolute Gasteiger partial charge is 0.204 e. The Morgan fingerprint density at radius 3 is 2.56 bits per heavy atom. The second-order valence-electron chi connectivity index (χ2n) is 5.63. The Balaban J connectivity index is 2.39. The number of benzene rings is 1. The molecule has 3 rings (SSSR count). The van der Waals surface area contributed by atoms with E-state index in [-0.39, 0.29) is 46.6 Å². The van der Waals surface area contributed by atoms with Gasteiger partial charge in [-0.25, -0.2) is 0 Å². The van der Waals surface area contributed by atoms with Gasteiger partial charge in [-0.2, -0.15) is 4.91 Å². The van der Waals surface area contributed by atoms with Crippen LogP contribution in [-0.4, -0.2) is 5.72 Å². The summed E-state index contributed by atoms with van der Waals surface area (Å²) in [6.45, 7) is 0.632. The minimum atomic E-state index is -1.39. The number of nitroso groups, excluding NO2 is 4. The van der Waals surface area contributed by atoms with Crippen LogP contribution in [0.5, 0.6) is 0 Å². The van der Waals surface area contributed by atoms with E-state index in [1.54, 1.807) is 0 Å². The zero-order valence-electron chi connectivity index (χ0n) is 12.8. The largest absolute Gasteiger partial charge is 0.460 e. The van der Waals surface area contributed by atoms with E-state index in [2.05, 4.69) is 20.7 Å². The van der Waals surface area contributed by atoms with Crippen molar-refractivity contribution in [3.63, 3.8) is 0 Å². The summed E-state index contributed by atoms with van der Waals surface area (Å²) >= 11 is 0. The molecule has 0 saturated carbocycles. The average molecular weight is 346 g/mol. The van der Waals surface area contributed by atoms with Crippen molar-refractivity contribution >= 4 is 22.3 Å². The summed E-state index contributed by atoms with van der Waals surface area (Å²) in [5, 5.41) is 10.8. The Bertz CT molecular complexity index is 984. The lowest BCUT2D eigenvalue weighted by molar-refractivity contribution is -0.0545. The van der Waals surface area contributed by atoms with Gasteiger partial charge in [-0.3, -0.25) is 4.79 Å². The molecule has 1 aliphatic rings. The van der Waals surface area contributed by atoms with Crippen LogP contribution in [0.3, 0.4) is 0 Å². The second-order valence-corrected chi connectivity index (χ2v) is 5.63. The summed E-state index contributed by atoms with van der Waals surface area (Å²) in [5.41, 5.74) is -2.86. The van der Waals surface area contributed by atoms with Gasteiger partial charge in [0.25, 0.3) is 0 Å². The molecule has 0 aliphatic carbocycles. The molecule has 128 valence electrons. The van der Waals surface area contributed by atoms with Gasteiger partial charge in [0.2, 0.25) is 5.72 Å². The van der Waals surface area contributed by atoms with Gasteiger partial charge < -0.3 is 9.15 Å². The van der Waals surface area contributed by atoms with E-state index in [0.717, 1.165) is 6.07 Å². The Labute approximate surface area is 138 Å². The molecule has 0 fully saturated rings. The fourth-order valence-corrected chi connectivity index (χ4v) is 2.80. The van der Waals surface area contributed by atoms with Crippen LogP contribution in [-0.2, 0) is 24.3 Å². The Kier molecular flexibility index (Phi) is 4.00. The van der Waals surface area contributed by atoms with E-state index in [0.29, 0.717) is 0 Å². The summed E-state index contributed by atoms with van der Waals surface area (Å²) in [6.07, 6.45) is -0.0875. The predicted molar refractivity (Wildman–Crippen MR) is 85.6 cm³/mol. The maximum Gasteiger partial charge on any atom is 0.204 e. The summed E-state index contributed by atoms with van der Waals surface area (Å²) in [4.78, 5) is 56.4. The molecule has 11 nitrogen and oxygen atoms in total. The molecule has 2 aromatic rings. The molecule has 0 bridgehead atoms. The molecule has 0 amide bonds. The number of hydrogen-bond donors (Lipinski definition) is 0. The molecule has 11 heteroatoms. The van der Waals surface area contributed by atoms with E-state index in [4.69, 9.17) is 9.15 Å². The Hall–Kier alpha value is -3.21. The van der Waals surface area contributed by atoms with Gasteiger partial charge >= 0.3 is 0 Å². The van der Waals surface area contributed by atoms with Gasteiger partial charge in [-0.15, -0.1) is 14.7 Å². The predicted octanol–water partition coefficient (Wildman–Crippen LogP) is 3.41. The SMILES string of the molecule is CC1(N=O)Cc2oc3cc(N=O)c(N=O)c(CN=O)c3c(=O)c2CO1. The van der Waals surface area contributed by atoms with Crippen LogP contribution in [0.15, 0.2) is 36.0 Å². The van der Waals surface area contributed by atoms with E-state index in [1.165, 1.54) is 6.92 Å². The van der Waals surface area contributed by atoms with Crippen LogP contribution in [0.25, 0.3) is 11.0 Å². The molecule has 1 aliphatic heterocycles. The molecular weight excluding hydrogens is 336 g/mol. The van der Waals surface area contributed by atoms with Gasteiger partial charge in [0.1, 0.15) is 29.3 Å². The van der Waals surface area contributed by atoms with Crippen molar-refractivity contribution in [1.82, 2.24) is 0 Å². The third-order valence-corrected chi connectivity index (χ3v) is 4.04. The summed E-state index contributed by atoms with van der Waals surface area (Å²) in [7, 11) is 0. The fourth-order valence-electron chi connectivity index (χ4n) is 2.80. The van der Waals surface area contributed by atoms with Gasteiger partial charge in [-0.1, -0.05) is 5.18 Å². The van der Waals surface area contributed by atoms with Gasteiger partial charge in [-0.05, 0) is 22.5 Å². The first-order valence-electron chi connectivity index (χ1n) is 7.06. The molecule has 0 saturated heterocycles. The molecule has 1 aromatic carbocycles. The maximum atomic E-state index is 12.8. The third-order valence-electron chi connectivity index (χ3n) is 4.04. The van der Waals surface area contributed by atoms with Crippen molar-refractivity contribution in [2.24, 2.45) is 20.7 Å². The zero-order valence-corrected chi connectivity index (χ0v) is 12.8. The van der Waals surface area contributed by atoms with Crippen LogP contribution in [0.1, 0.15) is 23.8 Å². The van der Waals surface area contributed by atoms with Crippen LogP contribution < -0.4 is 5.43 Å². The number of hydrogen-bond acceptors (Lipinski definition) is 11. The zero-order chi connectivity index (χ0) is 18.2. The first kappa shape index (κ1) is 16.6. The molecule has 0 radical (unpaired) electrons. The topological polar surface area (TPSA) is 157 Å².